The van der Waals surface area contributed by atoms with Crippen molar-refractivity contribution >= 4 is 11.3 Å². The summed E-state index contributed by atoms with van der Waals surface area (Å²) in [5, 5.41) is 4.18. The number of carbonyl (C=O) groups is 1. The molecule has 0 aliphatic carbocycles. The maximum absolute atomic E-state index is 11.0. The number of hydrogen-bond donors (Lipinski definition) is 0. The van der Waals surface area contributed by atoms with Gasteiger partial charge in [-0.15, -0.1) is 0 Å². The van der Waals surface area contributed by atoms with E-state index in [9.17, 15) is 4.79 Å². The van der Waals surface area contributed by atoms with Crippen LogP contribution in [0.25, 0.3) is 5.52 Å². The molecule has 0 aliphatic heterocycles. The number of carbonyl (C=O) groups excluding carboxylic acids is 1. The molecule has 0 N–H and O–H groups in total. The molecule has 0 amide bonds. The summed E-state index contributed by atoms with van der Waals surface area (Å²) in [5.74, 6) is 0.168. The molecule has 0 bridgehead atoms. The van der Waals surface area contributed by atoms with Crippen LogP contribution in [0.3, 0.4) is 0 Å². The van der Waals surface area contributed by atoms with Gasteiger partial charge in [-0.3, -0.25) is 4.79 Å². The fourth-order valence-electron chi connectivity index (χ4n) is 1.54. The minimum atomic E-state index is 0.168. The zero-order valence-electron chi connectivity index (χ0n) is 8.32. The summed E-state index contributed by atoms with van der Waals surface area (Å²) in [7, 11) is 0. The number of aromatic nitrogens is 2. The molecule has 3 nitrogen and oxygen atoms in total. The molecule has 3 heteroatoms. The van der Waals surface area contributed by atoms with Gasteiger partial charge in [0.15, 0.2) is 0 Å². The van der Waals surface area contributed by atoms with Gasteiger partial charge in [0.2, 0.25) is 0 Å². The van der Waals surface area contributed by atoms with Crippen LogP contribution in [0.1, 0.15) is 18.1 Å². The van der Waals surface area contributed by atoms with Crippen molar-refractivity contribution in [2.24, 2.45) is 0 Å². The minimum absolute atomic E-state index is 0.168. The summed E-state index contributed by atoms with van der Waals surface area (Å²) in [6.07, 6.45) is 4.14. The average Bonchev–Trinajstić information content (AvgIpc) is 2.47. The van der Waals surface area contributed by atoms with E-state index in [0.29, 0.717) is 6.42 Å². The summed E-state index contributed by atoms with van der Waals surface area (Å²) in [4.78, 5) is 11.0. The van der Waals surface area contributed by atoms with Crippen LogP contribution in [0.15, 0.2) is 24.5 Å². The molecule has 0 atom stereocenters. The molecular weight excluding hydrogens is 176 g/mol. The highest BCUT2D eigenvalue weighted by atomic mass is 16.1. The molecule has 72 valence electrons. The molecular formula is C11H12N2O. The van der Waals surface area contributed by atoms with Gasteiger partial charge in [0.05, 0.1) is 11.7 Å². The Bertz CT molecular complexity index is 485. The number of rotatable bonds is 2. The van der Waals surface area contributed by atoms with Gasteiger partial charge in [-0.2, -0.15) is 5.10 Å². The first-order valence-corrected chi connectivity index (χ1v) is 4.59. The second kappa shape index (κ2) is 3.25. The van der Waals surface area contributed by atoms with Gasteiger partial charge in [-0.25, -0.2) is 4.52 Å². The Hall–Kier alpha value is -1.64. The van der Waals surface area contributed by atoms with E-state index in [0.717, 1.165) is 11.1 Å². The highest BCUT2D eigenvalue weighted by Gasteiger charge is 2.05. The molecule has 0 fully saturated rings. The van der Waals surface area contributed by atoms with Crippen molar-refractivity contribution in [3.05, 3.63) is 35.7 Å². The van der Waals surface area contributed by atoms with Crippen molar-refractivity contribution in [3.8, 4) is 0 Å². The monoisotopic (exact) mass is 188 g/mol. The number of nitrogens with zero attached hydrogens (tertiary/aromatic N) is 2. The topological polar surface area (TPSA) is 34.4 Å². The summed E-state index contributed by atoms with van der Waals surface area (Å²) in [5.41, 5.74) is 3.21. The van der Waals surface area contributed by atoms with Crippen LogP contribution in [0, 0.1) is 6.92 Å². The standard InChI is InChI=1S/C11H12N2O/c1-8-3-4-13-11(5-8)10(7-12-13)6-9(2)14/h3-5,7H,6H2,1-2H3. The van der Waals surface area contributed by atoms with E-state index in [4.69, 9.17) is 0 Å². The third kappa shape index (κ3) is 1.53. The Morgan fingerprint density at radius 3 is 3.07 bits per heavy atom. The molecule has 0 unspecified atom stereocenters. The Labute approximate surface area is 82.4 Å². The van der Waals surface area contributed by atoms with Gasteiger partial charge in [-0.1, -0.05) is 0 Å². The number of aryl methyl sites for hydroxylation is 1. The summed E-state index contributed by atoms with van der Waals surface area (Å²) < 4.78 is 1.80. The second-order valence-corrected chi connectivity index (χ2v) is 3.58. The van der Waals surface area contributed by atoms with E-state index < -0.39 is 0 Å². The summed E-state index contributed by atoms with van der Waals surface area (Å²) in [6, 6.07) is 4.04. The molecule has 14 heavy (non-hydrogen) atoms. The summed E-state index contributed by atoms with van der Waals surface area (Å²) in [6.45, 7) is 3.63. The Morgan fingerprint density at radius 2 is 2.36 bits per heavy atom. The molecule has 0 saturated heterocycles. The van der Waals surface area contributed by atoms with Crippen molar-refractivity contribution in [2.45, 2.75) is 20.3 Å². The van der Waals surface area contributed by atoms with Gasteiger partial charge in [0.1, 0.15) is 5.78 Å². The highest BCUT2D eigenvalue weighted by Crippen LogP contribution is 2.12. The predicted molar refractivity (Wildman–Crippen MR) is 54.3 cm³/mol. The van der Waals surface area contributed by atoms with E-state index in [-0.39, 0.29) is 5.78 Å². The van der Waals surface area contributed by atoms with Crippen LogP contribution >= 0.6 is 0 Å². The molecule has 2 rings (SSSR count). The van der Waals surface area contributed by atoms with Gasteiger partial charge in [0.25, 0.3) is 0 Å². The zero-order valence-corrected chi connectivity index (χ0v) is 8.32. The number of pyridine rings is 1. The largest absolute Gasteiger partial charge is 0.300 e. The molecule has 2 heterocycles. The predicted octanol–water partition coefficient (Wildman–Crippen LogP) is 1.77. The molecule has 0 spiro atoms. The van der Waals surface area contributed by atoms with E-state index in [1.54, 1.807) is 17.6 Å². The SMILES string of the molecule is CC(=O)Cc1cnn2ccc(C)cc12. The molecule has 0 aromatic carbocycles. The van der Waals surface area contributed by atoms with E-state index in [1.165, 1.54) is 5.56 Å². The van der Waals surface area contributed by atoms with E-state index in [2.05, 4.69) is 5.10 Å². The Kier molecular flexibility index (Phi) is 2.08. The van der Waals surface area contributed by atoms with Crippen LogP contribution in [-0.2, 0) is 11.2 Å². The lowest BCUT2D eigenvalue weighted by Gasteiger charge is -1.97. The normalized spacial score (nSPS) is 10.7. The molecule has 0 saturated carbocycles. The average molecular weight is 188 g/mol. The first-order valence-electron chi connectivity index (χ1n) is 4.59. The van der Waals surface area contributed by atoms with Crippen molar-refractivity contribution in [2.75, 3.05) is 0 Å². The zero-order chi connectivity index (χ0) is 10.1. The van der Waals surface area contributed by atoms with E-state index in [1.807, 2.05) is 25.3 Å². The Balaban J connectivity index is 2.55. The number of hydrogen-bond acceptors (Lipinski definition) is 2. The molecule has 0 aliphatic rings. The second-order valence-electron chi connectivity index (χ2n) is 3.58. The molecule has 2 aromatic heterocycles. The van der Waals surface area contributed by atoms with Crippen LogP contribution in [-0.4, -0.2) is 15.4 Å². The molecule has 0 radical (unpaired) electrons. The minimum Gasteiger partial charge on any atom is -0.300 e. The third-order valence-electron chi connectivity index (χ3n) is 2.20. The quantitative estimate of drug-likeness (QED) is 0.719. The maximum Gasteiger partial charge on any atom is 0.134 e. The van der Waals surface area contributed by atoms with Crippen molar-refractivity contribution in [1.82, 2.24) is 9.61 Å². The first kappa shape index (κ1) is 8.94. The van der Waals surface area contributed by atoms with Crippen LogP contribution < -0.4 is 0 Å². The van der Waals surface area contributed by atoms with E-state index >= 15 is 0 Å². The Morgan fingerprint density at radius 1 is 1.57 bits per heavy atom. The number of fused-ring (bicyclic) bond motifs is 1. The lowest BCUT2D eigenvalue weighted by molar-refractivity contribution is -0.116. The smallest absolute Gasteiger partial charge is 0.134 e. The van der Waals surface area contributed by atoms with Crippen molar-refractivity contribution in [3.63, 3.8) is 0 Å². The van der Waals surface area contributed by atoms with Gasteiger partial charge in [0, 0.05) is 18.2 Å². The number of Topliss-reactive ketones (excluding diaryl/α,β-unsaturated/α-hetero) is 1. The maximum atomic E-state index is 11.0. The van der Waals surface area contributed by atoms with Gasteiger partial charge >= 0.3 is 0 Å². The lowest BCUT2D eigenvalue weighted by Crippen LogP contribution is -1.95. The van der Waals surface area contributed by atoms with Crippen LogP contribution in [0.4, 0.5) is 0 Å². The molecule has 2 aromatic rings. The van der Waals surface area contributed by atoms with Crippen molar-refractivity contribution in [1.29, 1.82) is 0 Å². The van der Waals surface area contributed by atoms with Crippen LogP contribution in [0.2, 0.25) is 0 Å². The highest BCUT2D eigenvalue weighted by molar-refractivity contribution is 5.80. The lowest BCUT2D eigenvalue weighted by atomic mass is 10.1. The first-order chi connectivity index (χ1) is 6.66. The fourth-order valence-corrected chi connectivity index (χ4v) is 1.54. The van der Waals surface area contributed by atoms with Crippen LogP contribution in [0.5, 0.6) is 0 Å². The number of ketones is 1. The fraction of sp³-hybridized carbons (Fsp3) is 0.273. The van der Waals surface area contributed by atoms with Crippen molar-refractivity contribution < 1.29 is 4.79 Å². The van der Waals surface area contributed by atoms with Gasteiger partial charge < -0.3 is 0 Å². The summed E-state index contributed by atoms with van der Waals surface area (Å²) >= 11 is 0. The third-order valence-corrected chi connectivity index (χ3v) is 2.20. The van der Waals surface area contributed by atoms with Gasteiger partial charge in [-0.05, 0) is 31.5 Å².